The smallest absolute Gasteiger partial charge is 0.0451 e. The second-order valence-electron chi connectivity index (χ2n) is 10.1. The third-order valence-electron chi connectivity index (χ3n) is 5.33. The van der Waals surface area contributed by atoms with Crippen LogP contribution in [0.4, 0.5) is 0 Å². The molecule has 0 aliphatic rings. The summed E-state index contributed by atoms with van der Waals surface area (Å²) in [6.07, 6.45) is 1.12. The molecule has 2 rings (SSSR count). The fourth-order valence-corrected chi connectivity index (χ4v) is 4.16. The topological polar surface area (TPSA) is 6.48 Å². The summed E-state index contributed by atoms with van der Waals surface area (Å²) < 4.78 is 0. The predicted octanol–water partition coefficient (Wildman–Crippen LogP) is 6.52. The second-order valence-corrected chi connectivity index (χ2v) is 10.5. The van der Waals surface area contributed by atoms with E-state index < -0.39 is 0 Å². The van der Waals surface area contributed by atoms with E-state index in [1.165, 1.54) is 16.7 Å². The van der Waals surface area contributed by atoms with E-state index in [4.69, 9.17) is 11.6 Å². The van der Waals surface area contributed by atoms with Gasteiger partial charge < -0.3 is 4.90 Å². The van der Waals surface area contributed by atoms with Crippen LogP contribution in [0.1, 0.15) is 51.3 Å². The molecule has 160 valence electrons. The van der Waals surface area contributed by atoms with Crippen molar-refractivity contribution >= 4 is 11.6 Å². The van der Waals surface area contributed by atoms with Crippen LogP contribution in [0.3, 0.4) is 0 Å². The van der Waals surface area contributed by atoms with Crippen molar-refractivity contribution in [2.24, 2.45) is 11.3 Å². The van der Waals surface area contributed by atoms with Gasteiger partial charge in [0.05, 0.1) is 0 Å². The summed E-state index contributed by atoms with van der Waals surface area (Å²) in [7, 11) is 4.32. The Morgan fingerprint density at radius 2 is 1.55 bits per heavy atom. The summed E-state index contributed by atoms with van der Waals surface area (Å²) in [5, 5.41) is 0.851. The van der Waals surface area contributed by atoms with E-state index in [1.54, 1.807) is 0 Å². The molecule has 0 unspecified atom stereocenters. The lowest BCUT2D eigenvalue weighted by atomic mass is 9.84. The first-order valence-corrected chi connectivity index (χ1v) is 11.1. The fourth-order valence-electron chi connectivity index (χ4n) is 3.97. The van der Waals surface area contributed by atoms with Gasteiger partial charge in [-0.25, -0.2) is 0 Å². The molecule has 1 atom stereocenters. The SMILES string of the molecule is CC(C)Cc1cccc(CN(Cc2ccccc2Cl)[C@H](CN(C)C)C(C)(C)C)c1. The van der Waals surface area contributed by atoms with Crippen molar-refractivity contribution in [1.29, 1.82) is 0 Å². The molecule has 0 saturated heterocycles. The van der Waals surface area contributed by atoms with Gasteiger partial charge in [-0.3, -0.25) is 4.90 Å². The minimum absolute atomic E-state index is 0.154. The number of nitrogens with zero attached hydrogens (tertiary/aromatic N) is 2. The largest absolute Gasteiger partial charge is 0.308 e. The van der Waals surface area contributed by atoms with Crippen LogP contribution in [0, 0.1) is 11.3 Å². The highest BCUT2D eigenvalue weighted by molar-refractivity contribution is 6.31. The maximum Gasteiger partial charge on any atom is 0.0451 e. The molecular formula is C26H39ClN2. The van der Waals surface area contributed by atoms with Crippen LogP contribution in [-0.2, 0) is 19.5 Å². The molecule has 0 aliphatic heterocycles. The van der Waals surface area contributed by atoms with Gasteiger partial charge >= 0.3 is 0 Å². The van der Waals surface area contributed by atoms with Crippen LogP contribution in [0.15, 0.2) is 48.5 Å². The minimum atomic E-state index is 0.154. The van der Waals surface area contributed by atoms with Gasteiger partial charge in [-0.15, -0.1) is 0 Å². The van der Waals surface area contributed by atoms with Crippen LogP contribution in [0.5, 0.6) is 0 Å². The summed E-state index contributed by atoms with van der Waals surface area (Å²) in [6.45, 7) is 14.4. The highest BCUT2D eigenvalue weighted by atomic mass is 35.5. The van der Waals surface area contributed by atoms with Crippen LogP contribution in [-0.4, -0.2) is 36.5 Å². The Morgan fingerprint density at radius 1 is 0.897 bits per heavy atom. The van der Waals surface area contributed by atoms with Crippen molar-refractivity contribution < 1.29 is 0 Å². The zero-order chi connectivity index (χ0) is 21.6. The summed E-state index contributed by atoms with van der Waals surface area (Å²) in [4.78, 5) is 4.90. The lowest BCUT2D eigenvalue weighted by Crippen LogP contribution is -2.49. The van der Waals surface area contributed by atoms with E-state index in [-0.39, 0.29) is 5.41 Å². The van der Waals surface area contributed by atoms with Gasteiger partial charge in [0.2, 0.25) is 0 Å². The summed E-state index contributed by atoms with van der Waals surface area (Å²) in [6, 6.07) is 17.8. The molecule has 29 heavy (non-hydrogen) atoms. The number of likely N-dealkylation sites (N-methyl/N-ethyl adjacent to an activating group) is 1. The zero-order valence-electron chi connectivity index (χ0n) is 19.4. The van der Waals surface area contributed by atoms with Crippen molar-refractivity contribution in [1.82, 2.24) is 9.80 Å². The number of hydrogen-bond acceptors (Lipinski definition) is 2. The van der Waals surface area contributed by atoms with Gasteiger partial charge in [0.15, 0.2) is 0 Å². The van der Waals surface area contributed by atoms with Crippen molar-refractivity contribution in [3.63, 3.8) is 0 Å². The summed E-state index contributed by atoms with van der Waals surface area (Å²) in [5.74, 6) is 0.667. The zero-order valence-corrected chi connectivity index (χ0v) is 20.1. The molecule has 3 heteroatoms. The van der Waals surface area contributed by atoms with E-state index in [1.807, 2.05) is 12.1 Å². The Balaban J connectivity index is 2.36. The first kappa shape index (κ1) is 23.9. The van der Waals surface area contributed by atoms with Crippen LogP contribution >= 0.6 is 11.6 Å². The Morgan fingerprint density at radius 3 is 2.14 bits per heavy atom. The van der Waals surface area contributed by atoms with E-state index in [9.17, 15) is 0 Å². The van der Waals surface area contributed by atoms with Gasteiger partial charge in [0.1, 0.15) is 0 Å². The highest BCUT2D eigenvalue weighted by Gasteiger charge is 2.31. The minimum Gasteiger partial charge on any atom is -0.308 e. The van der Waals surface area contributed by atoms with E-state index in [2.05, 4.69) is 94.9 Å². The Hall–Kier alpha value is -1.35. The molecular weight excluding hydrogens is 376 g/mol. The average Bonchev–Trinajstić information content (AvgIpc) is 2.60. The van der Waals surface area contributed by atoms with E-state index in [0.29, 0.717) is 12.0 Å². The quantitative estimate of drug-likeness (QED) is 0.461. The normalized spacial score (nSPS) is 13.5. The molecule has 0 N–H and O–H groups in total. The molecule has 0 fully saturated rings. The molecule has 2 nitrogen and oxygen atoms in total. The molecule has 0 heterocycles. The Labute approximate surface area is 183 Å². The molecule has 2 aromatic rings. The third-order valence-corrected chi connectivity index (χ3v) is 5.70. The molecule has 0 amide bonds. The number of halogens is 1. The average molecular weight is 415 g/mol. The van der Waals surface area contributed by atoms with Gasteiger partial charge in [0, 0.05) is 30.7 Å². The maximum absolute atomic E-state index is 6.54. The standard InChI is InChI=1S/C26H39ClN2/c1-20(2)15-21-11-10-12-22(16-21)17-29(18-23-13-8-9-14-24(23)27)25(19-28(6)7)26(3,4)5/h8-14,16,20,25H,15,17-19H2,1-7H3/t25-/m1/s1. The number of hydrogen-bond donors (Lipinski definition) is 0. The van der Waals surface area contributed by atoms with Gasteiger partial charge in [-0.05, 0) is 54.6 Å². The molecule has 0 aliphatic carbocycles. The first-order valence-electron chi connectivity index (χ1n) is 10.8. The molecule has 0 aromatic heterocycles. The Bertz CT molecular complexity index is 761. The highest BCUT2D eigenvalue weighted by Crippen LogP contribution is 2.29. The van der Waals surface area contributed by atoms with Gasteiger partial charge in [-0.2, -0.15) is 0 Å². The van der Waals surface area contributed by atoms with Gasteiger partial charge in [-0.1, -0.05) is 88.7 Å². The maximum atomic E-state index is 6.54. The van der Waals surface area contributed by atoms with Gasteiger partial charge in [0.25, 0.3) is 0 Å². The lowest BCUT2D eigenvalue weighted by molar-refractivity contribution is 0.0626. The monoisotopic (exact) mass is 414 g/mol. The molecule has 0 spiro atoms. The van der Waals surface area contributed by atoms with E-state index >= 15 is 0 Å². The van der Waals surface area contributed by atoms with Crippen LogP contribution in [0.2, 0.25) is 5.02 Å². The van der Waals surface area contributed by atoms with Crippen molar-refractivity contribution in [2.45, 2.75) is 60.2 Å². The van der Waals surface area contributed by atoms with Crippen LogP contribution < -0.4 is 0 Å². The fraction of sp³-hybridized carbons (Fsp3) is 0.538. The van der Waals surface area contributed by atoms with Crippen LogP contribution in [0.25, 0.3) is 0 Å². The number of rotatable bonds is 9. The molecule has 0 radical (unpaired) electrons. The summed E-state index contributed by atoms with van der Waals surface area (Å²) in [5.41, 5.74) is 4.15. The third kappa shape index (κ3) is 7.77. The lowest BCUT2D eigenvalue weighted by Gasteiger charge is -2.42. The van der Waals surface area contributed by atoms with Crippen molar-refractivity contribution in [3.8, 4) is 0 Å². The molecule has 2 aromatic carbocycles. The second kappa shape index (κ2) is 10.6. The Kier molecular flexibility index (Phi) is 8.75. The molecule has 0 bridgehead atoms. The van der Waals surface area contributed by atoms with Crippen molar-refractivity contribution in [3.05, 3.63) is 70.2 Å². The van der Waals surface area contributed by atoms with Crippen molar-refractivity contribution in [2.75, 3.05) is 20.6 Å². The molecule has 0 saturated carbocycles. The summed E-state index contributed by atoms with van der Waals surface area (Å²) >= 11 is 6.54. The van der Waals surface area contributed by atoms with E-state index in [0.717, 1.165) is 31.1 Å². The number of benzene rings is 2. The predicted molar refractivity (Wildman–Crippen MR) is 127 cm³/mol. The first-order chi connectivity index (χ1) is 13.6.